The predicted octanol–water partition coefficient (Wildman–Crippen LogP) is -1.35. The van der Waals surface area contributed by atoms with Crippen LogP contribution in [0.4, 0.5) is 0 Å². The van der Waals surface area contributed by atoms with Gasteiger partial charge in [-0.3, -0.25) is 9.59 Å². The van der Waals surface area contributed by atoms with Crippen LogP contribution in [-0.4, -0.2) is 60.4 Å². The van der Waals surface area contributed by atoms with Crippen molar-refractivity contribution < 1.29 is 9.59 Å². The molecule has 2 heterocycles. The molecule has 2 rings (SSSR count). The van der Waals surface area contributed by atoms with Crippen LogP contribution < -0.4 is 10.6 Å². The van der Waals surface area contributed by atoms with Crippen LogP contribution in [0.25, 0.3) is 0 Å². The van der Waals surface area contributed by atoms with E-state index in [0.717, 1.165) is 18.1 Å². The van der Waals surface area contributed by atoms with E-state index in [-0.39, 0.29) is 24.4 Å². The molecule has 15 heavy (non-hydrogen) atoms. The molecule has 6 heteroatoms. The van der Waals surface area contributed by atoms with Crippen molar-refractivity contribution in [2.24, 2.45) is 0 Å². The lowest BCUT2D eigenvalue weighted by atomic mass is 10.2. The number of amides is 2. The van der Waals surface area contributed by atoms with E-state index in [1.54, 1.807) is 16.7 Å². The number of carbonyl (C=O) groups excluding carboxylic acids is 2. The SMILES string of the molecule is O=C1CN(C(=O)C2CSCCN2)CCN1. The summed E-state index contributed by atoms with van der Waals surface area (Å²) in [5.41, 5.74) is 0. The Morgan fingerprint density at radius 2 is 2.33 bits per heavy atom. The lowest BCUT2D eigenvalue weighted by Crippen LogP contribution is -2.56. The van der Waals surface area contributed by atoms with Crippen molar-refractivity contribution in [3.05, 3.63) is 0 Å². The van der Waals surface area contributed by atoms with Crippen LogP contribution in [0.5, 0.6) is 0 Å². The highest BCUT2D eigenvalue weighted by molar-refractivity contribution is 7.99. The molecule has 1 unspecified atom stereocenters. The van der Waals surface area contributed by atoms with Gasteiger partial charge in [-0.15, -0.1) is 0 Å². The molecule has 2 saturated heterocycles. The van der Waals surface area contributed by atoms with Crippen molar-refractivity contribution in [2.75, 3.05) is 37.7 Å². The average Bonchev–Trinajstić information content (AvgIpc) is 2.29. The third-order valence-electron chi connectivity index (χ3n) is 2.57. The van der Waals surface area contributed by atoms with E-state index in [1.807, 2.05) is 0 Å². The molecule has 1 atom stereocenters. The summed E-state index contributed by atoms with van der Waals surface area (Å²) < 4.78 is 0. The first-order valence-corrected chi connectivity index (χ1v) is 6.29. The number of carbonyl (C=O) groups is 2. The zero-order valence-corrected chi connectivity index (χ0v) is 9.31. The van der Waals surface area contributed by atoms with E-state index in [4.69, 9.17) is 0 Å². The topological polar surface area (TPSA) is 61.4 Å². The number of hydrogen-bond donors (Lipinski definition) is 2. The summed E-state index contributed by atoms with van der Waals surface area (Å²) >= 11 is 1.79. The van der Waals surface area contributed by atoms with Gasteiger partial charge in [0.25, 0.3) is 0 Å². The van der Waals surface area contributed by atoms with Crippen LogP contribution in [0.15, 0.2) is 0 Å². The fourth-order valence-corrected chi connectivity index (χ4v) is 2.70. The summed E-state index contributed by atoms with van der Waals surface area (Å²) in [5.74, 6) is 1.89. The standard InChI is InChI=1S/C9H15N3O2S/c13-8-5-12(3-1-11-8)9(14)7-6-15-4-2-10-7/h7,10H,1-6H2,(H,11,13). The van der Waals surface area contributed by atoms with E-state index < -0.39 is 0 Å². The molecular formula is C9H15N3O2S. The van der Waals surface area contributed by atoms with Crippen LogP contribution in [0, 0.1) is 0 Å². The second kappa shape index (κ2) is 4.85. The van der Waals surface area contributed by atoms with Gasteiger partial charge in [-0.2, -0.15) is 11.8 Å². The van der Waals surface area contributed by atoms with Crippen molar-refractivity contribution in [2.45, 2.75) is 6.04 Å². The lowest BCUT2D eigenvalue weighted by Gasteiger charge is -2.31. The smallest absolute Gasteiger partial charge is 0.241 e. The molecule has 5 nitrogen and oxygen atoms in total. The molecule has 0 aliphatic carbocycles. The van der Waals surface area contributed by atoms with Crippen LogP contribution >= 0.6 is 11.8 Å². The first kappa shape index (κ1) is 10.8. The summed E-state index contributed by atoms with van der Waals surface area (Å²) in [5, 5.41) is 5.90. The molecule has 0 bridgehead atoms. The van der Waals surface area contributed by atoms with Crippen molar-refractivity contribution in [1.29, 1.82) is 0 Å². The van der Waals surface area contributed by atoms with Crippen molar-refractivity contribution in [3.8, 4) is 0 Å². The van der Waals surface area contributed by atoms with Gasteiger partial charge in [0.2, 0.25) is 11.8 Å². The molecule has 0 saturated carbocycles. The minimum atomic E-state index is -0.102. The molecule has 2 aliphatic heterocycles. The number of hydrogen-bond acceptors (Lipinski definition) is 4. The summed E-state index contributed by atoms with van der Waals surface area (Å²) in [6, 6.07) is -0.102. The Kier molecular flexibility index (Phi) is 3.48. The molecule has 2 N–H and O–H groups in total. The first-order valence-electron chi connectivity index (χ1n) is 5.14. The third kappa shape index (κ3) is 2.63. The van der Waals surface area contributed by atoms with Gasteiger partial charge in [-0.1, -0.05) is 0 Å². The number of nitrogens with zero attached hydrogens (tertiary/aromatic N) is 1. The number of piperazine rings is 1. The molecule has 0 radical (unpaired) electrons. The summed E-state index contributed by atoms with van der Waals surface area (Å²) in [7, 11) is 0. The largest absolute Gasteiger partial charge is 0.353 e. The Bertz CT molecular complexity index is 266. The molecule has 84 valence electrons. The highest BCUT2D eigenvalue weighted by Crippen LogP contribution is 2.10. The number of nitrogens with one attached hydrogen (secondary N) is 2. The predicted molar refractivity (Wildman–Crippen MR) is 58.7 cm³/mol. The van der Waals surface area contributed by atoms with Gasteiger partial charge < -0.3 is 15.5 Å². The Hall–Kier alpha value is -0.750. The van der Waals surface area contributed by atoms with Crippen molar-refractivity contribution in [1.82, 2.24) is 15.5 Å². The van der Waals surface area contributed by atoms with Crippen molar-refractivity contribution >= 4 is 23.6 Å². The number of thioether (sulfide) groups is 1. The van der Waals surface area contributed by atoms with Gasteiger partial charge >= 0.3 is 0 Å². The van der Waals surface area contributed by atoms with E-state index >= 15 is 0 Å². The molecule has 2 aliphatic rings. The quantitative estimate of drug-likeness (QED) is 0.583. The summed E-state index contributed by atoms with van der Waals surface area (Å²) in [6.07, 6.45) is 0. The Labute approximate surface area is 93.0 Å². The summed E-state index contributed by atoms with van der Waals surface area (Å²) in [4.78, 5) is 24.7. The van der Waals surface area contributed by atoms with E-state index in [9.17, 15) is 9.59 Å². The third-order valence-corrected chi connectivity index (χ3v) is 3.63. The highest BCUT2D eigenvalue weighted by atomic mass is 32.2. The fraction of sp³-hybridized carbons (Fsp3) is 0.778. The highest BCUT2D eigenvalue weighted by Gasteiger charge is 2.28. The molecular weight excluding hydrogens is 214 g/mol. The van der Waals surface area contributed by atoms with Crippen LogP contribution in [0.3, 0.4) is 0 Å². The Morgan fingerprint density at radius 3 is 3.00 bits per heavy atom. The monoisotopic (exact) mass is 229 g/mol. The molecule has 0 spiro atoms. The van der Waals surface area contributed by atoms with E-state index in [1.165, 1.54) is 0 Å². The minimum absolute atomic E-state index is 0.0573. The van der Waals surface area contributed by atoms with E-state index in [2.05, 4.69) is 10.6 Å². The van der Waals surface area contributed by atoms with Crippen LogP contribution in [0.2, 0.25) is 0 Å². The summed E-state index contributed by atoms with van der Waals surface area (Å²) in [6.45, 7) is 2.29. The Morgan fingerprint density at radius 1 is 1.47 bits per heavy atom. The minimum Gasteiger partial charge on any atom is -0.353 e. The van der Waals surface area contributed by atoms with Gasteiger partial charge in [0, 0.05) is 31.1 Å². The average molecular weight is 229 g/mol. The molecule has 2 amide bonds. The molecule has 0 aromatic carbocycles. The molecule has 0 aromatic heterocycles. The zero-order chi connectivity index (χ0) is 10.7. The van der Waals surface area contributed by atoms with Gasteiger partial charge in [-0.05, 0) is 0 Å². The second-order valence-electron chi connectivity index (χ2n) is 3.69. The van der Waals surface area contributed by atoms with Crippen LogP contribution in [0.1, 0.15) is 0 Å². The maximum atomic E-state index is 12.0. The first-order chi connectivity index (χ1) is 7.27. The van der Waals surface area contributed by atoms with Crippen LogP contribution in [-0.2, 0) is 9.59 Å². The van der Waals surface area contributed by atoms with Gasteiger partial charge in [-0.25, -0.2) is 0 Å². The second-order valence-corrected chi connectivity index (χ2v) is 4.84. The van der Waals surface area contributed by atoms with Crippen molar-refractivity contribution in [3.63, 3.8) is 0 Å². The maximum absolute atomic E-state index is 12.0. The fourth-order valence-electron chi connectivity index (χ4n) is 1.77. The zero-order valence-electron chi connectivity index (χ0n) is 8.49. The maximum Gasteiger partial charge on any atom is 0.241 e. The van der Waals surface area contributed by atoms with Gasteiger partial charge in [0.15, 0.2) is 0 Å². The molecule has 0 aromatic rings. The van der Waals surface area contributed by atoms with Gasteiger partial charge in [0.05, 0.1) is 12.6 Å². The van der Waals surface area contributed by atoms with Gasteiger partial charge in [0.1, 0.15) is 0 Å². The number of rotatable bonds is 1. The molecule has 2 fully saturated rings. The normalized spacial score (nSPS) is 27.3. The van der Waals surface area contributed by atoms with E-state index in [0.29, 0.717) is 13.1 Å². The Balaban J connectivity index is 1.90. The lowest BCUT2D eigenvalue weighted by molar-refractivity contribution is -0.139.